The normalized spacial score (nSPS) is 11.5. The Labute approximate surface area is 265 Å². The van der Waals surface area contributed by atoms with Crippen molar-refractivity contribution in [2.24, 2.45) is 0 Å². The van der Waals surface area contributed by atoms with Crippen molar-refractivity contribution in [3.8, 4) is 45.1 Å². The Morgan fingerprint density at radius 3 is 2.16 bits per heavy atom. The first kappa shape index (κ1) is 28.5. The van der Waals surface area contributed by atoms with Gasteiger partial charge in [0.2, 0.25) is 0 Å². The van der Waals surface area contributed by atoms with Gasteiger partial charge in [-0.05, 0) is 46.7 Å². The SMILES string of the molecule is CC(C)(C)c1ccc(-n2c(-c3[c-]c(-c4cccc5cccnc45)ccc3)nc3c(-c4ccccc4O)ccnc32)cc1.[Pt]. The first-order chi connectivity index (χ1) is 20.4. The molecule has 214 valence electrons. The number of phenols is 1. The zero-order chi connectivity index (χ0) is 28.8. The van der Waals surface area contributed by atoms with Crippen LogP contribution in [0, 0.1) is 6.07 Å². The number of aromatic nitrogens is 4. The van der Waals surface area contributed by atoms with Gasteiger partial charge in [-0.25, -0.2) is 4.98 Å². The van der Waals surface area contributed by atoms with Crippen LogP contribution in [0.5, 0.6) is 5.75 Å². The number of para-hydroxylation sites is 2. The number of hydrogen-bond acceptors (Lipinski definition) is 4. The van der Waals surface area contributed by atoms with E-state index in [4.69, 9.17) is 9.97 Å². The van der Waals surface area contributed by atoms with Gasteiger partial charge in [0.25, 0.3) is 0 Å². The molecule has 7 aromatic rings. The van der Waals surface area contributed by atoms with Crippen molar-refractivity contribution in [3.63, 3.8) is 0 Å². The molecule has 1 N–H and O–H groups in total. The Balaban J connectivity index is 0.00000329. The average molecular weight is 741 g/mol. The predicted molar refractivity (Wildman–Crippen MR) is 170 cm³/mol. The molecule has 0 fully saturated rings. The third kappa shape index (κ3) is 5.15. The van der Waals surface area contributed by atoms with Gasteiger partial charge >= 0.3 is 0 Å². The second kappa shape index (κ2) is 11.2. The standard InChI is InChI=1S/C37H29N4O.Pt/c1-37(2,3)27-16-18-28(19-17-27)41-35(40-34-31(20-22-39-36(34)41)30-13-4-5-15-32(30)42)26-11-6-10-25(23-26)29-14-7-9-24-12-8-21-38-33(24)29;/h4-22,42H,1-3H3;/q-1;. The van der Waals surface area contributed by atoms with Crippen molar-refractivity contribution < 1.29 is 26.2 Å². The molecular formula is C37H29N4OPt-. The molecule has 0 atom stereocenters. The van der Waals surface area contributed by atoms with Gasteiger partial charge in [-0.2, -0.15) is 0 Å². The van der Waals surface area contributed by atoms with Crippen LogP contribution in [-0.2, 0) is 26.5 Å². The van der Waals surface area contributed by atoms with Crippen molar-refractivity contribution in [2.75, 3.05) is 0 Å². The van der Waals surface area contributed by atoms with E-state index in [0.29, 0.717) is 16.7 Å². The number of phenolic OH excluding ortho intramolecular Hbond substituents is 1. The Morgan fingerprint density at radius 1 is 0.651 bits per heavy atom. The maximum Gasteiger partial charge on any atom is 0.157 e. The summed E-state index contributed by atoms with van der Waals surface area (Å²) in [4.78, 5) is 14.7. The van der Waals surface area contributed by atoms with Gasteiger partial charge in [-0.3, -0.25) is 9.97 Å². The Bertz CT molecular complexity index is 2090. The zero-order valence-corrected chi connectivity index (χ0v) is 26.3. The van der Waals surface area contributed by atoms with Crippen molar-refractivity contribution in [1.82, 2.24) is 19.5 Å². The van der Waals surface area contributed by atoms with Gasteiger partial charge < -0.3 is 9.67 Å². The Hall–Kier alpha value is -4.60. The first-order valence-electron chi connectivity index (χ1n) is 14.0. The predicted octanol–water partition coefficient (Wildman–Crippen LogP) is 8.77. The minimum Gasteiger partial charge on any atom is -0.507 e. The van der Waals surface area contributed by atoms with E-state index in [0.717, 1.165) is 44.7 Å². The topological polar surface area (TPSA) is 63.8 Å². The summed E-state index contributed by atoms with van der Waals surface area (Å²) >= 11 is 0. The molecule has 0 spiro atoms. The van der Waals surface area contributed by atoms with E-state index in [2.05, 4.69) is 91.0 Å². The van der Waals surface area contributed by atoms with Crippen molar-refractivity contribution >= 4 is 22.1 Å². The molecule has 3 heterocycles. The largest absolute Gasteiger partial charge is 0.507 e. The molecule has 3 aromatic heterocycles. The smallest absolute Gasteiger partial charge is 0.157 e. The van der Waals surface area contributed by atoms with Crippen LogP contribution in [0.25, 0.3) is 61.4 Å². The minimum absolute atomic E-state index is 0. The van der Waals surface area contributed by atoms with E-state index < -0.39 is 0 Å². The van der Waals surface area contributed by atoms with Crippen molar-refractivity contribution in [2.45, 2.75) is 26.2 Å². The van der Waals surface area contributed by atoms with Gasteiger partial charge in [-0.1, -0.05) is 86.5 Å². The van der Waals surface area contributed by atoms with Crippen molar-refractivity contribution in [1.29, 1.82) is 0 Å². The molecule has 4 aromatic carbocycles. The number of hydrogen-bond donors (Lipinski definition) is 1. The molecular weight excluding hydrogens is 712 g/mol. The van der Waals surface area contributed by atoms with E-state index in [1.807, 2.05) is 48.7 Å². The summed E-state index contributed by atoms with van der Waals surface area (Å²) < 4.78 is 2.09. The molecule has 0 saturated carbocycles. The van der Waals surface area contributed by atoms with E-state index in [9.17, 15) is 5.11 Å². The number of rotatable bonds is 4. The number of fused-ring (bicyclic) bond motifs is 2. The van der Waals surface area contributed by atoms with E-state index >= 15 is 0 Å². The minimum atomic E-state index is 0. The maximum atomic E-state index is 10.7. The summed E-state index contributed by atoms with van der Waals surface area (Å²) in [6.07, 6.45) is 3.60. The average Bonchev–Trinajstić information content (AvgIpc) is 3.41. The van der Waals surface area contributed by atoms with Gasteiger partial charge in [0.05, 0.1) is 5.82 Å². The molecule has 7 rings (SSSR count). The number of pyridine rings is 2. The maximum absolute atomic E-state index is 10.7. The zero-order valence-electron chi connectivity index (χ0n) is 24.0. The quantitative estimate of drug-likeness (QED) is 0.184. The molecule has 0 bridgehead atoms. The molecule has 0 aliphatic carbocycles. The van der Waals surface area contributed by atoms with Crippen LogP contribution in [0.2, 0.25) is 0 Å². The molecule has 0 radical (unpaired) electrons. The molecule has 0 unspecified atom stereocenters. The second-order valence-corrected chi connectivity index (χ2v) is 11.5. The summed E-state index contributed by atoms with van der Waals surface area (Å²) in [5.41, 5.74) is 8.90. The summed E-state index contributed by atoms with van der Waals surface area (Å²) in [5, 5.41) is 11.8. The van der Waals surface area contributed by atoms with Gasteiger partial charge in [0.1, 0.15) is 11.3 Å². The van der Waals surface area contributed by atoms with Gasteiger partial charge in [0, 0.05) is 55.8 Å². The first-order valence-corrected chi connectivity index (χ1v) is 14.0. The summed E-state index contributed by atoms with van der Waals surface area (Å²) in [6.45, 7) is 6.63. The Morgan fingerprint density at radius 2 is 1.37 bits per heavy atom. The molecule has 0 aliphatic rings. The molecule has 0 saturated heterocycles. The van der Waals surface area contributed by atoms with Crippen molar-refractivity contribution in [3.05, 3.63) is 127 Å². The van der Waals surface area contributed by atoms with Crippen LogP contribution >= 0.6 is 0 Å². The molecule has 6 heteroatoms. The third-order valence-electron chi connectivity index (χ3n) is 7.69. The molecule has 0 aliphatic heterocycles. The van der Waals surface area contributed by atoms with Crippen LogP contribution in [0.15, 0.2) is 116 Å². The van der Waals surface area contributed by atoms with Crippen LogP contribution < -0.4 is 0 Å². The number of benzene rings is 4. The van der Waals surface area contributed by atoms with Crippen LogP contribution in [0.3, 0.4) is 0 Å². The summed E-state index contributed by atoms with van der Waals surface area (Å²) in [6, 6.07) is 37.8. The monoisotopic (exact) mass is 740 g/mol. The Kier molecular flexibility index (Phi) is 7.45. The fraction of sp³-hybridized carbons (Fsp3) is 0.108. The fourth-order valence-corrected chi connectivity index (χ4v) is 5.51. The fourth-order valence-electron chi connectivity index (χ4n) is 5.51. The molecule has 43 heavy (non-hydrogen) atoms. The third-order valence-corrected chi connectivity index (χ3v) is 7.69. The van der Waals surface area contributed by atoms with Gasteiger partial charge in [0.15, 0.2) is 5.65 Å². The van der Waals surface area contributed by atoms with Crippen LogP contribution in [-0.4, -0.2) is 24.6 Å². The van der Waals surface area contributed by atoms with Gasteiger partial charge in [-0.15, -0.1) is 29.8 Å². The van der Waals surface area contributed by atoms with E-state index in [1.54, 1.807) is 12.3 Å². The molecule has 0 amide bonds. The van der Waals surface area contributed by atoms with E-state index in [-0.39, 0.29) is 32.2 Å². The second-order valence-electron chi connectivity index (χ2n) is 11.5. The molecule has 5 nitrogen and oxygen atoms in total. The number of imidazole rings is 1. The van der Waals surface area contributed by atoms with E-state index in [1.165, 1.54) is 5.56 Å². The van der Waals surface area contributed by atoms with Crippen LogP contribution in [0.4, 0.5) is 0 Å². The number of nitrogens with zero attached hydrogens (tertiary/aromatic N) is 4. The summed E-state index contributed by atoms with van der Waals surface area (Å²) in [5.74, 6) is 0.923. The summed E-state index contributed by atoms with van der Waals surface area (Å²) in [7, 11) is 0. The van der Waals surface area contributed by atoms with Crippen LogP contribution in [0.1, 0.15) is 26.3 Å². The number of aromatic hydroxyl groups is 1.